The number of ether oxygens (including phenoxy) is 1. The second-order valence-corrected chi connectivity index (χ2v) is 7.30. The highest BCUT2D eigenvalue weighted by molar-refractivity contribution is 7.14. The van der Waals surface area contributed by atoms with Gasteiger partial charge in [0.05, 0.1) is 12.0 Å². The first-order valence-electron chi connectivity index (χ1n) is 8.85. The zero-order chi connectivity index (χ0) is 20.1. The van der Waals surface area contributed by atoms with Crippen molar-refractivity contribution in [3.05, 3.63) is 46.8 Å². The van der Waals surface area contributed by atoms with Gasteiger partial charge < -0.3 is 15.0 Å². The molecule has 0 spiro atoms. The summed E-state index contributed by atoms with van der Waals surface area (Å²) in [6.07, 6.45) is 0.459. The number of nitrogens with one attached hydrogen (secondary N) is 1. The summed E-state index contributed by atoms with van der Waals surface area (Å²) in [5, 5.41) is 13.7. The Morgan fingerprint density at radius 2 is 2.07 bits per heavy atom. The Labute approximate surface area is 166 Å². The fourth-order valence-corrected chi connectivity index (χ4v) is 3.62. The van der Waals surface area contributed by atoms with Crippen LogP contribution in [0.1, 0.15) is 30.9 Å². The second kappa shape index (κ2) is 8.67. The fourth-order valence-electron chi connectivity index (χ4n) is 2.88. The minimum atomic E-state index is -0.984. The van der Waals surface area contributed by atoms with Crippen LogP contribution < -0.4 is 10.2 Å². The Bertz CT molecular complexity index is 930. The third-order valence-electron chi connectivity index (χ3n) is 4.37. The number of rotatable bonds is 6. The van der Waals surface area contributed by atoms with E-state index in [9.17, 15) is 14.4 Å². The van der Waals surface area contributed by atoms with Gasteiger partial charge in [-0.25, -0.2) is 0 Å². The third-order valence-corrected chi connectivity index (χ3v) is 5.20. The molecule has 2 aromatic rings. The maximum Gasteiger partial charge on any atom is 0.311 e. The van der Waals surface area contributed by atoms with E-state index in [2.05, 4.69) is 5.32 Å². The lowest BCUT2D eigenvalue weighted by Gasteiger charge is -2.16. The molecular formula is C20H19N3O4S. The Morgan fingerprint density at radius 3 is 2.71 bits per heavy atom. The van der Waals surface area contributed by atoms with Crippen LogP contribution in [0, 0.1) is 11.3 Å². The Hall–Kier alpha value is -3.18. The highest BCUT2D eigenvalue weighted by atomic mass is 32.1. The van der Waals surface area contributed by atoms with Gasteiger partial charge in [-0.1, -0.05) is 12.1 Å². The molecule has 1 atom stereocenters. The van der Waals surface area contributed by atoms with Gasteiger partial charge in [-0.3, -0.25) is 14.4 Å². The predicted molar refractivity (Wildman–Crippen MR) is 105 cm³/mol. The van der Waals surface area contributed by atoms with Crippen LogP contribution in [0.3, 0.4) is 0 Å². The van der Waals surface area contributed by atoms with Crippen molar-refractivity contribution in [3.8, 4) is 6.07 Å². The minimum absolute atomic E-state index is 0.0221. The van der Waals surface area contributed by atoms with Crippen molar-refractivity contribution in [1.82, 2.24) is 0 Å². The number of nitrogens with zero attached hydrogens (tertiary/aromatic N) is 2. The summed E-state index contributed by atoms with van der Waals surface area (Å²) in [5.41, 5.74) is 1.92. The van der Waals surface area contributed by atoms with Crippen LogP contribution in [-0.4, -0.2) is 30.4 Å². The lowest BCUT2D eigenvalue weighted by atomic mass is 10.1. The van der Waals surface area contributed by atoms with E-state index < -0.39 is 18.0 Å². The normalized spacial score (nSPS) is 14.4. The molecule has 1 aromatic heterocycles. The predicted octanol–water partition coefficient (Wildman–Crippen LogP) is 2.86. The van der Waals surface area contributed by atoms with Crippen molar-refractivity contribution < 1.29 is 19.1 Å². The molecule has 0 aliphatic carbocycles. The fraction of sp³-hybridized carbons (Fsp3) is 0.300. The Balaban J connectivity index is 1.52. The number of hydrogen-bond donors (Lipinski definition) is 1. The molecule has 1 aliphatic heterocycles. The van der Waals surface area contributed by atoms with Crippen molar-refractivity contribution in [1.29, 1.82) is 5.26 Å². The standard InChI is InChI=1S/C20H19N3O4S/c1-13(19(26)22-20-15(12-21)8-10-28-20)27-18(25)11-14-4-6-16(7-5-14)23-9-2-3-17(23)24/h4-8,10,13H,2-3,9,11H2,1H3,(H,22,26)/t13-/m0/s1. The molecular weight excluding hydrogens is 378 g/mol. The number of benzene rings is 1. The lowest BCUT2D eigenvalue weighted by Crippen LogP contribution is -2.30. The third kappa shape index (κ3) is 4.56. The molecule has 0 bridgehead atoms. The number of thiophene rings is 1. The maximum absolute atomic E-state index is 12.2. The molecule has 1 aromatic carbocycles. The summed E-state index contributed by atoms with van der Waals surface area (Å²) in [5.74, 6) is -0.910. The van der Waals surface area contributed by atoms with Crippen LogP contribution >= 0.6 is 11.3 Å². The van der Waals surface area contributed by atoms with Gasteiger partial charge in [0.25, 0.3) is 5.91 Å². The van der Waals surface area contributed by atoms with Crippen molar-refractivity contribution in [2.24, 2.45) is 0 Å². The Morgan fingerprint density at radius 1 is 1.32 bits per heavy atom. The quantitative estimate of drug-likeness (QED) is 0.756. The molecule has 1 aliphatic rings. The van der Waals surface area contributed by atoms with Crippen molar-refractivity contribution >= 4 is 39.8 Å². The summed E-state index contributed by atoms with van der Waals surface area (Å²) in [4.78, 5) is 37.8. The number of nitriles is 1. The molecule has 8 heteroatoms. The SMILES string of the molecule is C[C@H](OC(=O)Cc1ccc(N2CCCC2=O)cc1)C(=O)Nc1sccc1C#N. The van der Waals surface area contributed by atoms with Crippen LogP contribution in [0.15, 0.2) is 35.7 Å². The van der Waals surface area contributed by atoms with E-state index in [0.29, 0.717) is 23.5 Å². The van der Waals surface area contributed by atoms with E-state index in [1.165, 1.54) is 18.3 Å². The van der Waals surface area contributed by atoms with Crippen LogP contribution in [0.4, 0.5) is 10.7 Å². The molecule has 3 rings (SSSR count). The molecule has 2 heterocycles. The van der Waals surface area contributed by atoms with Crippen LogP contribution in [0.5, 0.6) is 0 Å². The highest BCUT2D eigenvalue weighted by Crippen LogP contribution is 2.23. The van der Waals surface area contributed by atoms with E-state index in [-0.39, 0.29) is 12.3 Å². The largest absolute Gasteiger partial charge is 0.452 e. The number of hydrogen-bond acceptors (Lipinski definition) is 6. The second-order valence-electron chi connectivity index (χ2n) is 6.39. The average molecular weight is 397 g/mol. The van der Waals surface area contributed by atoms with Crippen molar-refractivity contribution in [2.45, 2.75) is 32.3 Å². The average Bonchev–Trinajstić information content (AvgIpc) is 3.30. The highest BCUT2D eigenvalue weighted by Gasteiger charge is 2.22. The summed E-state index contributed by atoms with van der Waals surface area (Å²) in [6.45, 7) is 2.19. The lowest BCUT2D eigenvalue weighted by molar-refractivity contribution is -0.152. The monoisotopic (exact) mass is 397 g/mol. The maximum atomic E-state index is 12.2. The van der Waals surface area contributed by atoms with Gasteiger partial charge in [0.2, 0.25) is 5.91 Å². The molecule has 1 N–H and O–H groups in total. The molecule has 28 heavy (non-hydrogen) atoms. The van der Waals surface area contributed by atoms with E-state index in [1.807, 2.05) is 18.2 Å². The minimum Gasteiger partial charge on any atom is -0.452 e. The van der Waals surface area contributed by atoms with Gasteiger partial charge in [-0.15, -0.1) is 11.3 Å². The van der Waals surface area contributed by atoms with Crippen LogP contribution in [0.2, 0.25) is 0 Å². The summed E-state index contributed by atoms with van der Waals surface area (Å²) < 4.78 is 5.19. The summed E-state index contributed by atoms with van der Waals surface area (Å²) in [7, 11) is 0. The van der Waals surface area contributed by atoms with E-state index >= 15 is 0 Å². The molecule has 1 fully saturated rings. The number of esters is 1. The Kier molecular flexibility index (Phi) is 6.06. The zero-order valence-corrected chi connectivity index (χ0v) is 16.1. The first kappa shape index (κ1) is 19.6. The summed E-state index contributed by atoms with van der Waals surface area (Å²) >= 11 is 1.23. The van der Waals surface area contributed by atoms with Gasteiger partial charge >= 0.3 is 5.97 Å². The number of carbonyl (C=O) groups excluding carboxylic acids is 3. The van der Waals surface area contributed by atoms with Gasteiger partial charge in [-0.2, -0.15) is 5.26 Å². The summed E-state index contributed by atoms with van der Waals surface area (Å²) in [6, 6.07) is 10.8. The number of anilines is 2. The van der Waals surface area contributed by atoms with Gasteiger partial charge in [0.15, 0.2) is 6.10 Å². The first-order valence-corrected chi connectivity index (χ1v) is 9.73. The van der Waals surface area contributed by atoms with E-state index in [4.69, 9.17) is 10.00 Å². The van der Waals surface area contributed by atoms with Gasteiger partial charge in [0, 0.05) is 18.7 Å². The topological polar surface area (TPSA) is 99.5 Å². The molecule has 1 saturated heterocycles. The van der Waals surface area contributed by atoms with Gasteiger partial charge in [0.1, 0.15) is 11.1 Å². The first-order chi connectivity index (χ1) is 13.5. The molecule has 0 saturated carbocycles. The molecule has 0 unspecified atom stereocenters. The zero-order valence-electron chi connectivity index (χ0n) is 15.3. The number of amides is 2. The molecule has 2 amide bonds. The molecule has 7 nitrogen and oxygen atoms in total. The van der Waals surface area contributed by atoms with E-state index in [1.54, 1.807) is 28.5 Å². The molecule has 0 radical (unpaired) electrons. The van der Waals surface area contributed by atoms with Crippen LogP contribution in [0.25, 0.3) is 0 Å². The van der Waals surface area contributed by atoms with E-state index in [0.717, 1.165) is 17.7 Å². The number of carbonyl (C=O) groups is 3. The van der Waals surface area contributed by atoms with Crippen molar-refractivity contribution in [3.63, 3.8) is 0 Å². The smallest absolute Gasteiger partial charge is 0.311 e. The molecule has 144 valence electrons. The van der Waals surface area contributed by atoms with Crippen molar-refractivity contribution in [2.75, 3.05) is 16.8 Å². The van der Waals surface area contributed by atoms with Crippen LogP contribution in [-0.2, 0) is 25.5 Å². The van der Waals surface area contributed by atoms with Gasteiger partial charge in [-0.05, 0) is 42.5 Å².